The largest absolute Gasteiger partial charge is 0.301 e. The number of para-hydroxylation sites is 1. The molecule has 0 saturated heterocycles. The molecule has 2 saturated carbocycles. The second-order valence-corrected chi connectivity index (χ2v) is 8.61. The minimum Gasteiger partial charge on any atom is -0.301 e. The molecule has 0 radical (unpaired) electrons. The molecule has 1 amide bonds. The van der Waals surface area contributed by atoms with E-state index in [-0.39, 0.29) is 22.5 Å². The molecule has 2 aliphatic rings. The molecule has 4 rings (SSSR count). The number of amides is 1. The van der Waals surface area contributed by atoms with E-state index in [1.54, 1.807) is 0 Å². The Morgan fingerprint density at radius 1 is 1.22 bits per heavy atom. The lowest BCUT2D eigenvalue weighted by molar-refractivity contribution is -0.131. The third-order valence-electron chi connectivity index (χ3n) is 6.65. The second-order valence-electron chi connectivity index (χ2n) is 7.58. The van der Waals surface area contributed by atoms with Gasteiger partial charge in [-0.3, -0.25) is 9.59 Å². The number of hydrogen-bond acceptors (Lipinski definition) is 4. The molecule has 4 nitrogen and oxygen atoms in total. The molecule has 1 aromatic carbocycles. The molecule has 2 atom stereocenters. The van der Waals surface area contributed by atoms with Crippen LogP contribution < -0.4 is 5.32 Å². The van der Waals surface area contributed by atoms with Crippen molar-refractivity contribution in [2.45, 2.75) is 40.0 Å². The number of nitrogens with one attached hydrogen (secondary N) is 1. The van der Waals surface area contributed by atoms with Crippen LogP contribution in [0.1, 0.15) is 40.0 Å². The van der Waals surface area contributed by atoms with E-state index in [2.05, 4.69) is 24.1 Å². The first kappa shape index (κ1) is 14.8. The van der Waals surface area contributed by atoms with Gasteiger partial charge in [-0.05, 0) is 30.4 Å². The van der Waals surface area contributed by atoms with Gasteiger partial charge in [0.15, 0.2) is 5.13 Å². The van der Waals surface area contributed by atoms with Gasteiger partial charge in [0.05, 0.1) is 15.6 Å². The standard InChI is InChI=1S/C18H20N2O2S/c1-16(2)17(3)8-9-18(16,10-13(17)21)14(22)20-15-19-11-6-4-5-7-12(11)23-15/h4-7H,8-10H2,1-3H3,(H,19,20,22)/t17-,18+/m0/s1. The van der Waals surface area contributed by atoms with Gasteiger partial charge in [0.2, 0.25) is 5.91 Å². The number of Topliss-reactive ketones (excluding diaryl/α,β-unsaturated/α-hetero) is 1. The summed E-state index contributed by atoms with van der Waals surface area (Å²) in [6.07, 6.45) is 1.93. The van der Waals surface area contributed by atoms with Crippen LogP contribution in [0.4, 0.5) is 5.13 Å². The Kier molecular flexibility index (Phi) is 2.84. The Morgan fingerprint density at radius 2 is 1.96 bits per heavy atom. The van der Waals surface area contributed by atoms with Crippen molar-refractivity contribution in [3.05, 3.63) is 24.3 Å². The van der Waals surface area contributed by atoms with Crippen LogP contribution in [-0.4, -0.2) is 16.7 Å². The molecular formula is C18H20N2O2S. The highest BCUT2D eigenvalue weighted by atomic mass is 32.1. The molecule has 23 heavy (non-hydrogen) atoms. The zero-order valence-corrected chi connectivity index (χ0v) is 14.4. The van der Waals surface area contributed by atoms with E-state index in [1.165, 1.54) is 11.3 Å². The average molecular weight is 328 g/mol. The number of hydrogen-bond donors (Lipinski definition) is 1. The molecule has 5 heteroatoms. The van der Waals surface area contributed by atoms with Gasteiger partial charge < -0.3 is 5.32 Å². The molecule has 1 N–H and O–H groups in total. The molecule has 2 aromatic rings. The summed E-state index contributed by atoms with van der Waals surface area (Å²) in [5.74, 6) is 0.185. The van der Waals surface area contributed by atoms with Crippen molar-refractivity contribution < 1.29 is 9.59 Å². The Bertz CT molecular complexity index is 807. The number of carbonyl (C=O) groups excluding carboxylic acids is 2. The first-order valence-corrected chi connectivity index (χ1v) is 8.82. The fourth-order valence-corrected chi connectivity index (χ4v) is 5.36. The van der Waals surface area contributed by atoms with Crippen molar-refractivity contribution in [3.63, 3.8) is 0 Å². The highest BCUT2D eigenvalue weighted by Crippen LogP contribution is 2.70. The van der Waals surface area contributed by atoms with Gasteiger partial charge in [0.1, 0.15) is 5.78 Å². The molecular weight excluding hydrogens is 308 g/mol. The van der Waals surface area contributed by atoms with Crippen LogP contribution in [-0.2, 0) is 9.59 Å². The number of rotatable bonds is 2. The van der Waals surface area contributed by atoms with E-state index in [0.717, 1.165) is 23.1 Å². The Morgan fingerprint density at radius 3 is 2.57 bits per heavy atom. The predicted octanol–water partition coefficient (Wildman–Crippen LogP) is 4.02. The maximum Gasteiger partial charge on any atom is 0.233 e. The molecule has 2 bridgehead atoms. The Balaban J connectivity index is 1.68. The van der Waals surface area contributed by atoms with Gasteiger partial charge in [0, 0.05) is 11.8 Å². The van der Waals surface area contributed by atoms with Gasteiger partial charge in [0.25, 0.3) is 0 Å². The van der Waals surface area contributed by atoms with Gasteiger partial charge in [-0.2, -0.15) is 0 Å². The Hall–Kier alpha value is -1.75. The fraction of sp³-hybridized carbons (Fsp3) is 0.500. The quantitative estimate of drug-likeness (QED) is 0.906. The molecule has 0 spiro atoms. The van der Waals surface area contributed by atoms with E-state index in [9.17, 15) is 9.59 Å². The van der Waals surface area contributed by atoms with E-state index in [0.29, 0.717) is 11.6 Å². The number of anilines is 1. The molecule has 2 fully saturated rings. The number of fused-ring (bicyclic) bond motifs is 3. The van der Waals surface area contributed by atoms with Crippen LogP contribution in [0.15, 0.2) is 24.3 Å². The van der Waals surface area contributed by atoms with Crippen molar-refractivity contribution in [2.75, 3.05) is 5.32 Å². The third-order valence-corrected chi connectivity index (χ3v) is 7.61. The normalized spacial score (nSPS) is 31.7. The number of thiazole rings is 1. The number of carbonyl (C=O) groups is 2. The van der Waals surface area contributed by atoms with E-state index >= 15 is 0 Å². The zero-order valence-electron chi connectivity index (χ0n) is 13.6. The lowest BCUT2D eigenvalue weighted by Crippen LogP contribution is -2.43. The van der Waals surface area contributed by atoms with Crippen molar-refractivity contribution in [3.8, 4) is 0 Å². The number of aromatic nitrogens is 1. The van der Waals surface area contributed by atoms with Crippen LogP contribution in [0.3, 0.4) is 0 Å². The highest BCUT2D eigenvalue weighted by Gasteiger charge is 2.72. The predicted molar refractivity (Wildman–Crippen MR) is 91.4 cm³/mol. The third kappa shape index (κ3) is 1.69. The Labute approximate surface area is 139 Å². The van der Waals surface area contributed by atoms with Gasteiger partial charge >= 0.3 is 0 Å². The molecule has 0 aliphatic heterocycles. The minimum absolute atomic E-state index is 0.0452. The zero-order chi connectivity index (χ0) is 16.5. The molecule has 0 unspecified atom stereocenters. The van der Waals surface area contributed by atoms with Gasteiger partial charge in [-0.1, -0.05) is 44.2 Å². The summed E-state index contributed by atoms with van der Waals surface area (Å²) < 4.78 is 1.05. The first-order chi connectivity index (χ1) is 10.8. The summed E-state index contributed by atoms with van der Waals surface area (Å²) in [6.45, 7) is 6.17. The van der Waals surface area contributed by atoms with Crippen molar-refractivity contribution in [1.29, 1.82) is 0 Å². The van der Waals surface area contributed by atoms with Gasteiger partial charge in [-0.25, -0.2) is 4.98 Å². The lowest BCUT2D eigenvalue weighted by atomic mass is 9.64. The summed E-state index contributed by atoms with van der Waals surface area (Å²) in [6, 6.07) is 7.84. The molecule has 1 heterocycles. The summed E-state index contributed by atoms with van der Waals surface area (Å²) in [4.78, 5) is 30.0. The molecule has 1 aromatic heterocycles. The summed E-state index contributed by atoms with van der Waals surface area (Å²) in [7, 11) is 0. The maximum atomic E-state index is 13.1. The van der Waals surface area contributed by atoms with E-state index < -0.39 is 5.41 Å². The van der Waals surface area contributed by atoms with Crippen LogP contribution in [0.25, 0.3) is 10.2 Å². The van der Waals surface area contributed by atoms with Gasteiger partial charge in [-0.15, -0.1) is 0 Å². The second kappa shape index (κ2) is 4.41. The van der Waals surface area contributed by atoms with Crippen molar-refractivity contribution in [1.82, 2.24) is 4.98 Å². The molecule has 2 aliphatic carbocycles. The first-order valence-electron chi connectivity index (χ1n) is 8.01. The highest BCUT2D eigenvalue weighted by molar-refractivity contribution is 7.22. The van der Waals surface area contributed by atoms with Crippen LogP contribution in [0.2, 0.25) is 0 Å². The van der Waals surface area contributed by atoms with Crippen LogP contribution in [0, 0.1) is 16.2 Å². The summed E-state index contributed by atoms with van der Waals surface area (Å²) in [5.41, 5.74) is -0.407. The maximum absolute atomic E-state index is 13.1. The molecule has 120 valence electrons. The SMILES string of the molecule is CC1(C)[C@]2(C(=O)Nc3nc4ccccc4s3)CC[C@@]1(C)C(=O)C2. The van der Waals surface area contributed by atoms with Crippen molar-refractivity contribution >= 4 is 38.4 Å². The average Bonchev–Trinajstić information content (AvgIpc) is 3.04. The van der Waals surface area contributed by atoms with Crippen LogP contribution in [0.5, 0.6) is 0 Å². The number of nitrogens with zero attached hydrogens (tertiary/aromatic N) is 1. The number of benzene rings is 1. The smallest absolute Gasteiger partial charge is 0.233 e. The fourth-order valence-electron chi connectivity index (χ4n) is 4.50. The van der Waals surface area contributed by atoms with Crippen molar-refractivity contribution in [2.24, 2.45) is 16.2 Å². The van der Waals surface area contributed by atoms with Crippen LogP contribution >= 0.6 is 11.3 Å². The van der Waals surface area contributed by atoms with E-state index in [1.807, 2.05) is 31.2 Å². The van der Waals surface area contributed by atoms with E-state index in [4.69, 9.17) is 0 Å². The number of ketones is 1. The summed E-state index contributed by atoms with van der Waals surface area (Å²) >= 11 is 1.48. The topological polar surface area (TPSA) is 59.1 Å². The summed E-state index contributed by atoms with van der Waals surface area (Å²) in [5, 5.41) is 3.62. The monoisotopic (exact) mass is 328 g/mol. The lowest BCUT2D eigenvalue weighted by Gasteiger charge is -2.38. The minimum atomic E-state index is -0.601.